The summed E-state index contributed by atoms with van der Waals surface area (Å²) in [5.74, 6) is 0. The summed E-state index contributed by atoms with van der Waals surface area (Å²) >= 11 is 0. The number of hydrogen-bond acceptors (Lipinski definition) is 1. The number of hydrogen-bond donors (Lipinski definition) is 0. The van der Waals surface area contributed by atoms with Gasteiger partial charge in [0.25, 0.3) is 0 Å². The molecule has 0 bridgehead atoms. The molecule has 9 rings (SSSR count). The molecule has 1 nitrogen and oxygen atoms in total. The predicted molar refractivity (Wildman–Crippen MR) is 202 cm³/mol. The van der Waals surface area contributed by atoms with Crippen molar-refractivity contribution in [3.8, 4) is 22.3 Å². The molecule has 0 saturated heterocycles. The van der Waals surface area contributed by atoms with E-state index in [9.17, 15) is 0 Å². The smallest absolute Gasteiger partial charge is 0.0468 e. The largest absolute Gasteiger partial charge is 0.310 e. The van der Waals surface area contributed by atoms with E-state index >= 15 is 0 Å². The normalized spacial score (nSPS) is 11.4. The average Bonchev–Trinajstić information content (AvgIpc) is 3.14. The van der Waals surface area contributed by atoms with Crippen LogP contribution in [0.3, 0.4) is 0 Å². The third kappa shape index (κ3) is 4.64. The Hall–Kier alpha value is -6.18. The number of anilines is 3. The van der Waals surface area contributed by atoms with Gasteiger partial charge in [0.05, 0.1) is 0 Å². The highest BCUT2D eigenvalue weighted by Crippen LogP contribution is 2.46. The second-order valence-electron chi connectivity index (χ2n) is 12.1. The van der Waals surface area contributed by atoms with Crippen LogP contribution in [0.1, 0.15) is 0 Å². The van der Waals surface area contributed by atoms with Crippen molar-refractivity contribution in [3.63, 3.8) is 0 Å². The zero-order valence-electron chi connectivity index (χ0n) is 25.8. The van der Waals surface area contributed by atoms with Crippen LogP contribution >= 0.6 is 0 Å². The first-order valence-electron chi connectivity index (χ1n) is 16.2. The summed E-state index contributed by atoms with van der Waals surface area (Å²) in [5.41, 5.74) is 8.49. The van der Waals surface area contributed by atoms with Crippen LogP contribution in [-0.4, -0.2) is 0 Å². The van der Waals surface area contributed by atoms with E-state index in [4.69, 9.17) is 0 Å². The fraction of sp³-hybridized carbons (Fsp3) is 0. The van der Waals surface area contributed by atoms with Crippen molar-refractivity contribution in [1.29, 1.82) is 0 Å². The SMILES string of the molecule is c1ccc(N(c2ccccc2)c2ccc3cc(-c4c5ccccc5c(-c5cccc6ccccc56)c5ccccc45)ccc3c2)cc1. The Bertz CT molecular complexity index is 2470. The first-order valence-corrected chi connectivity index (χ1v) is 16.2. The lowest BCUT2D eigenvalue weighted by molar-refractivity contribution is 1.29. The van der Waals surface area contributed by atoms with Crippen LogP contribution in [0.4, 0.5) is 17.1 Å². The van der Waals surface area contributed by atoms with Crippen molar-refractivity contribution in [2.45, 2.75) is 0 Å². The predicted octanol–water partition coefficient (Wildman–Crippen LogP) is 13.1. The number of nitrogens with zero attached hydrogens (tertiary/aromatic N) is 1. The zero-order valence-corrected chi connectivity index (χ0v) is 25.8. The van der Waals surface area contributed by atoms with Crippen molar-refractivity contribution in [2.24, 2.45) is 0 Å². The Morgan fingerprint density at radius 3 is 1.40 bits per heavy atom. The van der Waals surface area contributed by atoms with E-state index in [1.807, 2.05) is 0 Å². The Kier molecular flexibility index (Phi) is 6.54. The lowest BCUT2D eigenvalue weighted by Gasteiger charge is -2.25. The highest BCUT2D eigenvalue weighted by molar-refractivity contribution is 6.23. The molecule has 0 radical (unpaired) electrons. The molecule has 0 saturated carbocycles. The lowest BCUT2D eigenvalue weighted by Crippen LogP contribution is -2.09. The minimum absolute atomic E-state index is 1.14. The van der Waals surface area contributed by atoms with Crippen LogP contribution in [0.25, 0.3) is 65.3 Å². The lowest BCUT2D eigenvalue weighted by atomic mass is 9.84. The molecule has 0 aliphatic rings. The fourth-order valence-electron chi connectivity index (χ4n) is 7.30. The number of rotatable bonds is 5. The molecule has 0 heterocycles. The first kappa shape index (κ1) is 27.2. The quantitative estimate of drug-likeness (QED) is 0.178. The molecule has 0 amide bonds. The minimum atomic E-state index is 1.14. The van der Waals surface area contributed by atoms with E-state index in [1.54, 1.807) is 0 Å². The van der Waals surface area contributed by atoms with Gasteiger partial charge >= 0.3 is 0 Å². The Labute approximate surface area is 274 Å². The van der Waals surface area contributed by atoms with Gasteiger partial charge in [0, 0.05) is 17.1 Å². The summed E-state index contributed by atoms with van der Waals surface area (Å²) in [4.78, 5) is 2.32. The summed E-state index contributed by atoms with van der Waals surface area (Å²) in [6, 6.07) is 68.1. The van der Waals surface area contributed by atoms with E-state index < -0.39 is 0 Å². The van der Waals surface area contributed by atoms with E-state index in [1.165, 1.54) is 65.3 Å². The van der Waals surface area contributed by atoms with Gasteiger partial charge in [-0.15, -0.1) is 0 Å². The zero-order chi connectivity index (χ0) is 31.2. The monoisotopic (exact) mass is 597 g/mol. The van der Waals surface area contributed by atoms with Gasteiger partial charge in [0.1, 0.15) is 0 Å². The van der Waals surface area contributed by atoms with Crippen LogP contribution in [0.2, 0.25) is 0 Å². The van der Waals surface area contributed by atoms with Crippen molar-refractivity contribution in [1.82, 2.24) is 0 Å². The number of fused-ring (bicyclic) bond motifs is 4. The molecular formula is C46H31N. The van der Waals surface area contributed by atoms with Crippen molar-refractivity contribution >= 4 is 60.2 Å². The maximum atomic E-state index is 2.36. The standard InChI is InChI=1S/C46H31N/c1-3-16-36(17-4-1)47(37-18-5-2-6-19-37)38-29-28-33-30-35(27-26-34(33)31-38)45-41-21-9-11-23-43(41)46(44-24-12-10-22-42(44)45)40-25-13-15-32-14-7-8-20-39(32)40/h1-31H. The molecule has 47 heavy (non-hydrogen) atoms. The summed E-state index contributed by atoms with van der Waals surface area (Å²) in [6.07, 6.45) is 0. The van der Waals surface area contributed by atoms with Gasteiger partial charge in [-0.05, 0) is 108 Å². The molecule has 0 fully saturated rings. The summed E-state index contributed by atoms with van der Waals surface area (Å²) in [5, 5.41) is 10.1. The molecule has 0 unspecified atom stereocenters. The van der Waals surface area contributed by atoms with Gasteiger partial charge in [-0.25, -0.2) is 0 Å². The van der Waals surface area contributed by atoms with Gasteiger partial charge in [0.15, 0.2) is 0 Å². The van der Waals surface area contributed by atoms with Gasteiger partial charge in [0.2, 0.25) is 0 Å². The summed E-state index contributed by atoms with van der Waals surface area (Å²) in [6.45, 7) is 0. The van der Waals surface area contributed by atoms with Crippen LogP contribution in [-0.2, 0) is 0 Å². The Morgan fingerprint density at radius 1 is 0.277 bits per heavy atom. The van der Waals surface area contributed by atoms with Crippen molar-refractivity contribution in [3.05, 3.63) is 188 Å². The average molecular weight is 598 g/mol. The molecule has 9 aromatic carbocycles. The van der Waals surface area contributed by atoms with Crippen LogP contribution in [0.5, 0.6) is 0 Å². The third-order valence-electron chi connectivity index (χ3n) is 9.39. The fourth-order valence-corrected chi connectivity index (χ4v) is 7.30. The van der Waals surface area contributed by atoms with Crippen molar-refractivity contribution < 1.29 is 0 Å². The maximum absolute atomic E-state index is 2.36. The van der Waals surface area contributed by atoms with Gasteiger partial charge < -0.3 is 4.90 Å². The van der Waals surface area contributed by atoms with Crippen LogP contribution < -0.4 is 4.90 Å². The molecule has 0 N–H and O–H groups in total. The summed E-state index contributed by atoms with van der Waals surface area (Å²) in [7, 11) is 0. The van der Waals surface area contributed by atoms with Gasteiger partial charge in [-0.2, -0.15) is 0 Å². The molecule has 0 aromatic heterocycles. The van der Waals surface area contributed by atoms with Gasteiger partial charge in [-0.1, -0.05) is 146 Å². The highest BCUT2D eigenvalue weighted by atomic mass is 15.1. The molecule has 1 heteroatoms. The topological polar surface area (TPSA) is 3.24 Å². The maximum Gasteiger partial charge on any atom is 0.0468 e. The Balaban J connectivity index is 1.24. The summed E-state index contributed by atoms with van der Waals surface area (Å²) < 4.78 is 0. The first-order chi connectivity index (χ1) is 23.3. The van der Waals surface area contributed by atoms with Crippen molar-refractivity contribution in [2.75, 3.05) is 4.90 Å². The molecule has 220 valence electrons. The Morgan fingerprint density at radius 2 is 0.766 bits per heavy atom. The highest BCUT2D eigenvalue weighted by Gasteiger charge is 2.18. The van der Waals surface area contributed by atoms with E-state index in [0.717, 1.165) is 17.1 Å². The molecule has 0 aliphatic heterocycles. The van der Waals surface area contributed by atoms with E-state index in [-0.39, 0.29) is 0 Å². The third-order valence-corrected chi connectivity index (χ3v) is 9.39. The van der Waals surface area contributed by atoms with Gasteiger partial charge in [-0.3, -0.25) is 0 Å². The molecule has 0 spiro atoms. The number of benzene rings is 9. The molecular weight excluding hydrogens is 567 g/mol. The van der Waals surface area contributed by atoms with Crippen LogP contribution in [0, 0.1) is 0 Å². The molecule has 0 aliphatic carbocycles. The second-order valence-corrected chi connectivity index (χ2v) is 12.1. The van der Waals surface area contributed by atoms with Crippen LogP contribution in [0.15, 0.2) is 188 Å². The number of para-hydroxylation sites is 2. The minimum Gasteiger partial charge on any atom is -0.310 e. The van der Waals surface area contributed by atoms with E-state index in [0.29, 0.717) is 0 Å². The second kappa shape index (κ2) is 11.3. The van der Waals surface area contributed by atoms with E-state index in [2.05, 4.69) is 193 Å². The molecule has 9 aromatic rings. The molecule has 0 atom stereocenters.